The molecular weight excluding hydrogens is 376 g/mol. The summed E-state index contributed by atoms with van der Waals surface area (Å²) in [5, 5.41) is 7.19. The van der Waals surface area contributed by atoms with Crippen LogP contribution in [-0.2, 0) is 4.79 Å². The van der Waals surface area contributed by atoms with Gasteiger partial charge in [-0.2, -0.15) is 10.1 Å². The summed E-state index contributed by atoms with van der Waals surface area (Å²) in [5.41, 5.74) is 0.846. The Morgan fingerprint density at radius 2 is 1.71 bits per heavy atom. The molecule has 7 nitrogen and oxygen atoms in total. The molecule has 0 spiro atoms. The van der Waals surface area contributed by atoms with E-state index in [4.69, 9.17) is 4.74 Å². The first-order chi connectivity index (χ1) is 13.5. The fourth-order valence-electron chi connectivity index (χ4n) is 2.94. The van der Waals surface area contributed by atoms with E-state index >= 15 is 0 Å². The number of ether oxygens (including phenoxy) is 1. The van der Waals surface area contributed by atoms with E-state index in [-0.39, 0.29) is 11.8 Å². The number of hydrogen-bond donors (Lipinski definition) is 0. The largest absolute Gasteiger partial charge is 0.497 e. The number of aryl methyl sites for hydroxylation is 1. The number of carbonyl (C=O) groups excluding carboxylic acids is 2. The summed E-state index contributed by atoms with van der Waals surface area (Å²) in [5.74, 6) is 1.57. The zero-order valence-electron chi connectivity index (χ0n) is 16.6. The first kappa shape index (κ1) is 20.1. The number of hydrazone groups is 1. The van der Waals surface area contributed by atoms with Crippen molar-refractivity contribution in [3.63, 3.8) is 0 Å². The lowest BCUT2D eigenvalue weighted by Gasteiger charge is -2.23. The van der Waals surface area contributed by atoms with Crippen molar-refractivity contribution < 1.29 is 14.3 Å². The van der Waals surface area contributed by atoms with E-state index < -0.39 is 0 Å². The topological polar surface area (TPSA) is 76.8 Å². The summed E-state index contributed by atoms with van der Waals surface area (Å²) in [6, 6.07) is 7.47. The number of thioether (sulfide) groups is 1. The zero-order chi connectivity index (χ0) is 20.3. The van der Waals surface area contributed by atoms with Gasteiger partial charge in [-0.25, -0.2) is 4.98 Å². The Morgan fingerprint density at radius 1 is 1.07 bits per heavy atom. The van der Waals surface area contributed by atoms with Gasteiger partial charge in [-0.05, 0) is 55.8 Å². The Kier molecular flexibility index (Phi) is 6.18. The van der Waals surface area contributed by atoms with Crippen LogP contribution in [0.4, 0.5) is 5.82 Å². The van der Waals surface area contributed by atoms with Crippen LogP contribution in [0.25, 0.3) is 0 Å². The van der Waals surface area contributed by atoms with Gasteiger partial charge >= 0.3 is 0 Å². The maximum atomic E-state index is 12.7. The number of carbonyl (C=O) groups is 2. The fraction of sp³-hybridized carbons (Fsp3) is 0.400. The minimum atomic E-state index is -0.136. The third kappa shape index (κ3) is 3.82. The molecule has 2 aromatic rings. The zero-order valence-corrected chi connectivity index (χ0v) is 17.4. The lowest BCUT2D eigenvalue weighted by molar-refractivity contribution is -0.118. The van der Waals surface area contributed by atoms with E-state index in [1.54, 1.807) is 18.6 Å². The average molecular weight is 401 g/mol. The van der Waals surface area contributed by atoms with Crippen LogP contribution in [0.15, 0.2) is 34.4 Å². The van der Waals surface area contributed by atoms with Crippen LogP contribution < -0.4 is 9.75 Å². The molecule has 0 bridgehead atoms. The number of anilines is 1. The second-order valence-corrected chi connectivity index (χ2v) is 7.44. The van der Waals surface area contributed by atoms with E-state index in [1.807, 2.05) is 38.1 Å². The van der Waals surface area contributed by atoms with Gasteiger partial charge in [0.1, 0.15) is 21.6 Å². The minimum absolute atomic E-state index is 0.0277. The van der Waals surface area contributed by atoms with Crippen LogP contribution >= 0.6 is 11.8 Å². The summed E-state index contributed by atoms with van der Waals surface area (Å²) in [6.07, 6.45) is 2.23. The van der Waals surface area contributed by atoms with Crippen LogP contribution in [-0.4, -0.2) is 33.5 Å². The van der Waals surface area contributed by atoms with E-state index in [0.29, 0.717) is 41.0 Å². The summed E-state index contributed by atoms with van der Waals surface area (Å²) in [7, 11) is 1.61. The molecule has 3 rings (SSSR count). The molecule has 148 valence electrons. The lowest BCUT2D eigenvalue weighted by Crippen LogP contribution is -2.30. The number of hydrogen-bond acceptors (Lipinski definition) is 6. The van der Waals surface area contributed by atoms with E-state index in [0.717, 1.165) is 17.7 Å². The molecule has 1 aromatic heterocycles. The Balaban J connectivity index is 2.08. The van der Waals surface area contributed by atoms with E-state index in [9.17, 15) is 9.59 Å². The summed E-state index contributed by atoms with van der Waals surface area (Å²) < 4.78 is 6.82. The Bertz CT molecular complexity index is 918. The third-order valence-corrected chi connectivity index (χ3v) is 5.39. The summed E-state index contributed by atoms with van der Waals surface area (Å²) >= 11 is 1.36. The van der Waals surface area contributed by atoms with Crippen molar-refractivity contribution in [3.05, 3.63) is 35.7 Å². The molecule has 1 aromatic carbocycles. The second kappa shape index (κ2) is 8.60. The van der Waals surface area contributed by atoms with Gasteiger partial charge in [0.15, 0.2) is 5.82 Å². The molecule has 0 radical (unpaired) electrons. The number of aromatic nitrogens is 2. The standard InChI is InChI=1S/C20H24N4O3S/c1-5-7-16(25)23-13(3)21-18-20(23)28-19(22-24(18)17(26)8-6-2)14-9-11-15(27-4)12-10-14/h9-12H,5-8H2,1-4H3. The maximum absolute atomic E-state index is 12.7. The number of fused-ring (bicyclic) bond motifs is 1. The van der Waals surface area contributed by atoms with Crippen molar-refractivity contribution in [2.45, 2.75) is 51.5 Å². The van der Waals surface area contributed by atoms with Crippen LogP contribution in [0, 0.1) is 6.92 Å². The molecule has 8 heteroatoms. The van der Waals surface area contributed by atoms with E-state index in [2.05, 4.69) is 10.1 Å². The van der Waals surface area contributed by atoms with Crippen molar-refractivity contribution in [1.29, 1.82) is 0 Å². The number of benzene rings is 1. The number of imidazole rings is 1. The first-order valence-electron chi connectivity index (χ1n) is 9.36. The van der Waals surface area contributed by atoms with Crippen molar-refractivity contribution in [3.8, 4) is 5.75 Å². The molecule has 1 aliphatic rings. The van der Waals surface area contributed by atoms with E-state index in [1.165, 1.54) is 16.8 Å². The lowest BCUT2D eigenvalue weighted by atomic mass is 10.2. The highest BCUT2D eigenvalue weighted by molar-refractivity contribution is 8.14. The van der Waals surface area contributed by atoms with Crippen molar-refractivity contribution in [2.75, 3.05) is 12.1 Å². The van der Waals surface area contributed by atoms with Gasteiger partial charge in [0.05, 0.1) is 7.11 Å². The minimum Gasteiger partial charge on any atom is -0.497 e. The molecule has 0 fully saturated rings. The number of nitrogens with zero attached hydrogens (tertiary/aromatic N) is 4. The molecule has 1 amide bonds. The molecule has 2 heterocycles. The van der Waals surface area contributed by atoms with Gasteiger partial charge in [0, 0.05) is 18.4 Å². The predicted molar refractivity (Wildman–Crippen MR) is 110 cm³/mol. The Hall–Kier alpha value is -2.61. The number of rotatable bonds is 6. The van der Waals surface area contributed by atoms with Crippen LogP contribution in [0.5, 0.6) is 5.75 Å². The smallest absolute Gasteiger partial charge is 0.248 e. The molecule has 0 unspecified atom stereocenters. The summed E-state index contributed by atoms with van der Waals surface area (Å²) in [4.78, 5) is 29.9. The molecular formula is C20H24N4O3S. The monoisotopic (exact) mass is 400 g/mol. The van der Waals surface area contributed by atoms with Crippen LogP contribution in [0.3, 0.4) is 0 Å². The highest BCUT2D eigenvalue weighted by atomic mass is 32.2. The van der Waals surface area contributed by atoms with Gasteiger partial charge in [0.25, 0.3) is 0 Å². The molecule has 28 heavy (non-hydrogen) atoms. The van der Waals surface area contributed by atoms with Crippen LogP contribution in [0.2, 0.25) is 0 Å². The predicted octanol–water partition coefficient (Wildman–Crippen LogP) is 4.24. The van der Waals surface area contributed by atoms with Gasteiger partial charge < -0.3 is 4.74 Å². The molecule has 0 aliphatic carbocycles. The molecule has 0 saturated carbocycles. The summed E-state index contributed by atoms with van der Waals surface area (Å²) in [6.45, 7) is 5.69. The third-order valence-electron chi connectivity index (χ3n) is 4.32. The normalized spacial score (nSPS) is 13.1. The van der Waals surface area contributed by atoms with Crippen molar-refractivity contribution in [1.82, 2.24) is 9.55 Å². The van der Waals surface area contributed by atoms with Gasteiger partial charge in [0.2, 0.25) is 11.8 Å². The van der Waals surface area contributed by atoms with Gasteiger partial charge in [-0.15, -0.1) is 0 Å². The molecule has 1 aliphatic heterocycles. The van der Waals surface area contributed by atoms with Gasteiger partial charge in [-0.3, -0.25) is 14.2 Å². The SMILES string of the molecule is CCCC(=O)N1N=C(c2ccc(OC)cc2)Sc2c1nc(C)n2C(=O)CCC. The average Bonchev–Trinajstić information content (AvgIpc) is 3.03. The molecule has 0 saturated heterocycles. The highest BCUT2D eigenvalue weighted by Crippen LogP contribution is 2.39. The Morgan fingerprint density at radius 3 is 2.32 bits per heavy atom. The van der Waals surface area contributed by atoms with Crippen molar-refractivity contribution >= 4 is 34.4 Å². The maximum Gasteiger partial charge on any atom is 0.248 e. The quantitative estimate of drug-likeness (QED) is 0.725. The van der Waals surface area contributed by atoms with Gasteiger partial charge in [-0.1, -0.05) is 13.8 Å². The second-order valence-electron chi connectivity index (χ2n) is 6.46. The molecule has 0 atom stereocenters. The fourth-order valence-corrected chi connectivity index (χ4v) is 4.05. The highest BCUT2D eigenvalue weighted by Gasteiger charge is 2.32. The number of methoxy groups -OCH3 is 1. The van der Waals surface area contributed by atoms with Crippen LogP contribution in [0.1, 0.15) is 55.7 Å². The van der Waals surface area contributed by atoms with Crippen molar-refractivity contribution in [2.24, 2.45) is 5.10 Å². The Labute approximate surface area is 168 Å². The number of amides is 1. The molecule has 0 N–H and O–H groups in total. The first-order valence-corrected chi connectivity index (χ1v) is 10.2.